The van der Waals surface area contributed by atoms with E-state index in [-0.39, 0.29) is 17.7 Å². The lowest BCUT2D eigenvalue weighted by molar-refractivity contribution is -0.115. The zero-order valence-electron chi connectivity index (χ0n) is 15.1. The maximum absolute atomic E-state index is 12.4. The number of carbonyl (C=O) groups excluding carboxylic acids is 3. The van der Waals surface area contributed by atoms with Gasteiger partial charge in [0.25, 0.3) is 5.91 Å². The Morgan fingerprint density at radius 2 is 1.65 bits per heavy atom. The highest BCUT2D eigenvalue weighted by atomic mass is 16.2. The molecule has 0 bridgehead atoms. The van der Waals surface area contributed by atoms with Crippen molar-refractivity contribution in [2.75, 3.05) is 17.2 Å². The minimum Gasteiger partial charge on any atom is -0.352 e. The summed E-state index contributed by atoms with van der Waals surface area (Å²) in [5.74, 6) is 0.143. The van der Waals surface area contributed by atoms with Crippen LogP contribution in [0.25, 0.3) is 0 Å². The Morgan fingerprint density at radius 3 is 2.15 bits per heavy atom. The van der Waals surface area contributed by atoms with Crippen molar-refractivity contribution in [3.05, 3.63) is 42.0 Å². The normalized spacial score (nSPS) is 10.3. The Labute approximate surface area is 152 Å². The number of carbonyl (C=O) groups is 3. The van der Waals surface area contributed by atoms with Crippen molar-refractivity contribution in [2.24, 2.45) is 0 Å². The molecule has 0 aliphatic rings. The van der Waals surface area contributed by atoms with Crippen LogP contribution >= 0.6 is 0 Å². The average molecular weight is 357 g/mol. The fraction of sp³-hybridized carbons (Fsp3) is 0.333. The van der Waals surface area contributed by atoms with Crippen molar-refractivity contribution in [1.29, 1.82) is 0 Å². The van der Waals surface area contributed by atoms with Gasteiger partial charge in [0.15, 0.2) is 0 Å². The van der Waals surface area contributed by atoms with E-state index in [2.05, 4.69) is 20.9 Å². The number of rotatable bonds is 7. The molecule has 3 N–H and O–H groups in total. The van der Waals surface area contributed by atoms with Crippen molar-refractivity contribution in [3.8, 4) is 0 Å². The minimum absolute atomic E-state index is 0.257. The largest absolute Gasteiger partial charge is 0.352 e. The average Bonchev–Trinajstić information content (AvgIpc) is 2.95. The Bertz CT molecular complexity index is 779. The second-order valence-electron chi connectivity index (χ2n) is 5.94. The number of amides is 3. The van der Waals surface area contributed by atoms with Crippen LogP contribution < -0.4 is 16.0 Å². The van der Waals surface area contributed by atoms with Crippen molar-refractivity contribution in [2.45, 2.75) is 33.7 Å². The van der Waals surface area contributed by atoms with Crippen molar-refractivity contribution in [1.82, 2.24) is 14.9 Å². The Morgan fingerprint density at radius 1 is 1.04 bits per heavy atom. The lowest BCUT2D eigenvalue weighted by atomic mass is 10.1. The van der Waals surface area contributed by atoms with E-state index in [1.54, 1.807) is 24.4 Å². The summed E-state index contributed by atoms with van der Waals surface area (Å²) in [5, 5.41) is 8.09. The molecule has 1 heterocycles. The van der Waals surface area contributed by atoms with E-state index in [0.717, 1.165) is 18.8 Å². The molecular formula is C18H23N5O3. The highest BCUT2D eigenvalue weighted by Gasteiger charge is 2.10. The fourth-order valence-electron chi connectivity index (χ4n) is 2.50. The number of aryl methyl sites for hydroxylation is 2. The highest BCUT2D eigenvalue weighted by molar-refractivity contribution is 5.99. The molecule has 0 atom stereocenters. The van der Waals surface area contributed by atoms with Gasteiger partial charge in [-0.2, -0.15) is 0 Å². The molecule has 3 amide bonds. The standard InChI is InChI=1S/C18H23N5O3/c1-12-19-6-8-23(12)7-4-5-20-18(26)15-9-16(21-13(2)24)11-17(10-15)22-14(3)25/h6,8-11H,4-5,7H2,1-3H3,(H,20,26)(H,21,24)(H,22,25). The first-order valence-corrected chi connectivity index (χ1v) is 8.31. The van der Waals surface area contributed by atoms with E-state index in [1.807, 2.05) is 17.7 Å². The maximum Gasteiger partial charge on any atom is 0.251 e. The predicted molar refractivity (Wildman–Crippen MR) is 99.0 cm³/mol. The molecule has 0 saturated heterocycles. The first-order valence-electron chi connectivity index (χ1n) is 8.31. The molecular weight excluding hydrogens is 334 g/mol. The summed E-state index contributed by atoms with van der Waals surface area (Å²) in [7, 11) is 0. The smallest absolute Gasteiger partial charge is 0.251 e. The van der Waals surface area contributed by atoms with Crippen LogP contribution in [0.1, 0.15) is 36.5 Å². The molecule has 138 valence electrons. The summed E-state index contributed by atoms with van der Waals surface area (Å²) in [4.78, 5) is 39.1. The van der Waals surface area contributed by atoms with Gasteiger partial charge >= 0.3 is 0 Å². The van der Waals surface area contributed by atoms with Gasteiger partial charge < -0.3 is 20.5 Å². The van der Waals surface area contributed by atoms with Gasteiger partial charge in [-0.05, 0) is 31.5 Å². The van der Waals surface area contributed by atoms with Gasteiger partial charge in [-0.3, -0.25) is 14.4 Å². The topological polar surface area (TPSA) is 105 Å². The van der Waals surface area contributed by atoms with E-state index < -0.39 is 0 Å². The molecule has 1 aromatic carbocycles. The highest BCUT2D eigenvalue weighted by Crippen LogP contribution is 2.19. The van der Waals surface area contributed by atoms with Crippen molar-refractivity contribution >= 4 is 29.1 Å². The SMILES string of the molecule is CC(=O)Nc1cc(NC(C)=O)cc(C(=O)NCCCn2ccnc2C)c1. The molecule has 0 radical (unpaired) electrons. The Hall–Kier alpha value is -3.16. The third-order valence-electron chi connectivity index (χ3n) is 3.62. The predicted octanol–water partition coefficient (Wildman–Crippen LogP) is 1.93. The van der Waals surface area contributed by atoms with E-state index >= 15 is 0 Å². The summed E-state index contributed by atoms with van der Waals surface area (Å²) in [6.45, 7) is 5.94. The summed E-state index contributed by atoms with van der Waals surface area (Å²) in [6, 6.07) is 4.74. The minimum atomic E-state index is -0.272. The Balaban J connectivity index is 2.00. The quantitative estimate of drug-likeness (QED) is 0.658. The molecule has 8 nitrogen and oxygen atoms in total. The summed E-state index contributed by atoms with van der Waals surface area (Å²) < 4.78 is 2.01. The van der Waals surface area contributed by atoms with Gasteiger partial charge in [0.2, 0.25) is 11.8 Å². The number of aromatic nitrogens is 2. The van der Waals surface area contributed by atoms with Gasteiger partial charge in [-0.25, -0.2) is 4.98 Å². The second kappa shape index (κ2) is 8.80. The summed E-state index contributed by atoms with van der Waals surface area (Å²) >= 11 is 0. The molecule has 8 heteroatoms. The van der Waals surface area contributed by atoms with Gasteiger partial charge in [0.05, 0.1) is 0 Å². The zero-order chi connectivity index (χ0) is 19.1. The van der Waals surface area contributed by atoms with Crippen LogP contribution in [0, 0.1) is 6.92 Å². The van der Waals surface area contributed by atoms with E-state index in [1.165, 1.54) is 13.8 Å². The Kier molecular flexibility index (Phi) is 6.48. The van der Waals surface area contributed by atoms with E-state index in [9.17, 15) is 14.4 Å². The van der Waals surface area contributed by atoms with Gasteiger partial charge in [0.1, 0.15) is 5.82 Å². The first kappa shape index (κ1) is 19.2. The third-order valence-corrected chi connectivity index (χ3v) is 3.62. The van der Waals surface area contributed by atoms with Crippen molar-refractivity contribution < 1.29 is 14.4 Å². The first-order chi connectivity index (χ1) is 12.3. The van der Waals surface area contributed by atoms with Crippen LogP contribution in [-0.4, -0.2) is 33.8 Å². The molecule has 1 aromatic heterocycles. The summed E-state index contributed by atoms with van der Waals surface area (Å²) in [6.07, 6.45) is 4.39. The number of benzene rings is 1. The second-order valence-corrected chi connectivity index (χ2v) is 5.94. The number of hydrogen-bond acceptors (Lipinski definition) is 4. The van der Waals surface area contributed by atoms with Crippen LogP contribution in [0.15, 0.2) is 30.6 Å². The number of hydrogen-bond donors (Lipinski definition) is 3. The number of nitrogens with zero attached hydrogens (tertiary/aromatic N) is 2. The van der Waals surface area contributed by atoms with Crippen LogP contribution in [0.2, 0.25) is 0 Å². The van der Waals surface area contributed by atoms with Gasteiger partial charge in [0, 0.05) is 56.3 Å². The van der Waals surface area contributed by atoms with Crippen LogP contribution in [0.4, 0.5) is 11.4 Å². The molecule has 0 fully saturated rings. The number of imidazole rings is 1. The van der Waals surface area contributed by atoms with Crippen LogP contribution in [0.5, 0.6) is 0 Å². The lowest BCUT2D eigenvalue weighted by Gasteiger charge is -2.11. The maximum atomic E-state index is 12.4. The monoisotopic (exact) mass is 357 g/mol. The van der Waals surface area contributed by atoms with Gasteiger partial charge in [-0.1, -0.05) is 0 Å². The molecule has 2 aromatic rings. The molecule has 26 heavy (non-hydrogen) atoms. The third kappa shape index (κ3) is 5.73. The molecule has 0 aliphatic heterocycles. The molecule has 0 saturated carbocycles. The van der Waals surface area contributed by atoms with Crippen LogP contribution in [0.3, 0.4) is 0 Å². The van der Waals surface area contributed by atoms with Crippen LogP contribution in [-0.2, 0) is 16.1 Å². The van der Waals surface area contributed by atoms with Crippen molar-refractivity contribution in [3.63, 3.8) is 0 Å². The van der Waals surface area contributed by atoms with E-state index in [4.69, 9.17) is 0 Å². The zero-order valence-corrected chi connectivity index (χ0v) is 15.1. The molecule has 0 spiro atoms. The summed E-state index contributed by atoms with van der Waals surface area (Å²) in [5.41, 5.74) is 1.25. The molecule has 0 aliphatic carbocycles. The number of nitrogens with one attached hydrogen (secondary N) is 3. The lowest BCUT2D eigenvalue weighted by Crippen LogP contribution is -2.25. The van der Waals surface area contributed by atoms with E-state index in [0.29, 0.717) is 23.5 Å². The fourth-order valence-corrected chi connectivity index (χ4v) is 2.50. The molecule has 2 rings (SSSR count). The molecule has 0 unspecified atom stereocenters. The van der Waals surface area contributed by atoms with Gasteiger partial charge in [-0.15, -0.1) is 0 Å². The number of anilines is 2.